The van der Waals surface area contributed by atoms with Gasteiger partial charge in [0.2, 0.25) is 0 Å². The van der Waals surface area contributed by atoms with Gasteiger partial charge in [0, 0.05) is 18.0 Å². The smallest absolute Gasteiger partial charge is 0.130 e. The maximum absolute atomic E-state index is 5.98. The molecule has 0 radical (unpaired) electrons. The highest BCUT2D eigenvalue weighted by atomic mass is 16.5. The Kier molecular flexibility index (Phi) is 5.57. The summed E-state index contributed by atoms with van der Waals surface area (Å²) >= 11 is 0. The lowest BCUT2D eigenvalue weighted by atomic mass is 10.1. The van der Waals surface area contributed by atoms with Gasteiger partial charge in [-0.2, -0.15) is 0 Å². The predicted octanol–water partition coefficient (Wildman–Crippen LogP) is 4.02. The van der Waals surface area contributed by atoms with E-state index < -0.39 is 0 Å². The minimum absolute atomic E-state index is 0.513. The van der Waals surface area contributed by atoms with Gasteiger partial charge in [-0.05, 0) is 30.5 Å². The lowest BCUT2D eigenvalue weighted by molar-refractivity contribution is 0.273. The molecule has 1 aromatic carbocycles. The maximum atomic E-state index is 5.98. The molecule has 0 bridgehead atoms. The average molecular weight is 286 g/mol. The molecule has 3 heteroatoms. The van der Waals surface area contributed by atoms with Crippen molar-refractivity contribution in [2.45, 2.75) is 34.2 Å². The number of benzene rings is 1. The number of para-hydroxylation sites is 1. The van der Waals surface area contributed by atoms with Crippen molar-refractivity contribution in [1.82, 2.24) is 10.3 Å². The van der Waals surface area contributed by atoms with Crippen molar-refractivity contribution in [2.75, 3.05) is 13.2 Å². The molecule has 0 aliphatic rings. The molecular formula is C18H26N2O. The van der Waals surface area contributed by atoms with Gasteiger partial charge in [0.1, 0.15) is 5.75 Å². The van der Waals surface area contributed by atoms with Crippen LogP contribution in [0.15, 0.2) is 30.3 Å². The molecule has 114 valence electrons. The molecule has 2 rings (SSSR count). The van der Waals surface area contributed by atoms with Gasteiger partial charge in [-0.3, -0.25) is 4.98 Å². The molecule has 2 aromatic rings. The van der Waals surface area contributed by atoms with Gasteiger partial charge in [0.25, 0.3) is 0 Å². The Hall–Kier alpha value is -1.61. The van der Waals surface area contributed by atoms with E-state index in [1.54, 1.807) is 0 Å². The van der Waals surface area contributed by atoms with Crippen LogP contribution in [0.3, 0.4) is 0 Å². The first-order chi connectivity index (χ1) is 10.1. The third kappa shape index (κ3) is 4.71. The van der Waals surface area contributed by atoms with Crippen LogP contribution in [0.4, 0.5) is 0 Å². The zero-order chi connectivity index (χ0) is 15.2. The minimum Gasteiger partial charge on any atom is -0.493 e. The summed E-state index contributed by atoms with van der Waals surface area (Å²) in [6.07, 6.45) is 0. The Balaban J connectivity index is 2.22. The normalized spacial score (nSPS) is 11.5. The van der Waals surface area contributed by atoms with Crippen LogP contribution >= 0.6 is 0 Å². The number of hydrogen-bond donors (Lipinski definition) is 1. The first kappa shape index (κ1) is 15.8. The third-order valence-electron chi connectivity index (χ3n) is 3.16. The molecule has 0 atom stereocenters. The van der Waals surface area contributed by atoms with E-state index in [2.05, 4.69) is 45.1 Å². The van der Waals surface area contributed by atoms with Gasteiger partial charge in [0.15, 0.2) is 0 Å². The van der Waals surface area contributed by atoms with Gasteiger partial charge < -0.3 is 10.1 Å². The van der Waals surface area contributed by atoms with E-state index in [1.807, 2.05) is 18.2 Å². The fourth-order valence-corrected chi connectivity index (χ4v) is 2.15. The molecule has 1 aromatic heterocycles. The predicted molar refractivity (Wildman–Crippen MR) is 88.6 cm³/mol. The zero-order valence-corrected chi connectivity index (χ0v) is 13.5. The van der Waals surface area contributed by atoms with E-state index in [-0.39, 0.29) is 0 Å². The van der Waals surface area contributed by atoms with Crippen LogP contribution in [-0.4, -0.2) is 18.1 Å². The lowest BCUT2D eigenvalue weighted by Crippen LogP contribution is -2.19. The summed E-state index contributed by atoms with van der Waals surface area (Å²) in [7, 11) is 0. The third-order valence-corrected chi connectivity index (χ3v) is 3.16. The number of rotatable bonds is 7. The van der Waals surface area contributed by atoms with Gasteiger partial charge in [-0.1, -0.05) is 39.8 Å². The molecular weight excluding hydrogens is 260 g/mol. The van der Waals surface area contributed by atoms with E-state index in [0.717, 1.165) is 42.0 Å². The highest BCUT2D eigenvalue weighted by Gasteiger charge is 2.07. The Morgan fingerprint density at radius 3 is 2.57 bits per heavy atom. The summed E-state index contributed by atoms with van der Waals surface area (Å²) in [6.45, 7) is 11.2. The summed E-state index contributed by atoms with van der Waals surface area (Å²) < 4.78 is 5.98. The fourth-order valence-electron chi connectivity index (χ4n) is 2.15. The van der Waals surface area contributed by atoms with E-state index in [1.165, 1.54) is 0 Å². The monoisotopic (exact) mass is 286 g/mol. The van der Waals surface area contributed by atoms with Crippen molar-refractivity contribution >= 4 is 10.9 Å². The second-order valence-corrected chi connectivity index (χ2v) is 6.36. The van der Waals surface area contributed by atoms with Crippen LogP contribution in [0.2, 0.25) is 0 Å². The summed E-state index contributed by atoms with van der Waals surface area (Å²) in [4.78, 5) is 4.72. The molecule has 0 aliphatic carbocycles. The Labute approximate surface area is 127 Å². The van der Waals surface area contributed by atoms with Crippen LogP contribution in [-0.2, 0) is 6.54 Å². The molecule has 21 heavy (non-hydrogen) atoms. The Bertz CT molecular complexity index is 578. The standard InChI is InChI=1S/C18H26N2O/c1-13(2)10-19-11-15-9-18(21-12-14(3)4)16-7-5-6-8-17(16)20-15/h5-9,13-14,19H,10-12H2,1-4H3. The summed E-state index contributed by atoms with van der Waals surface area (Å²) in [5.41, 5.74) is 2.04. The number of aromatic nitrogens is 1. The topological polar surface area (TPSA) is 34.1 Å². The quantitative estimate of drug-likeness (QED) is 0.835. The number of nitrogens with one attached hydrogen (secondary N) is 1. The Morgan fingerprint density at radius 2 is 1.86 bits per heavy atom. The molecule has 0 saturated heterocycles. The van der Waals surface area contributed by atoms with Crippen molar-refractivity contribution in [3.8, 4) is 5.75 Å². The molecule has 1 heterocycles. The summed E-state index contributed by atoms with van der Waals surface area (Å²) in [5, 5.41) is 4.53. The fraction of sp³-hybridized carbons (Fsp3) is 0.500. The van der Waals surface area contributed by atoms with Crippen molar-refractivity contribution in [1.29, 1.82) is 0 Å². The van der Waals surface area contributed by atoms with Crippen LogP contribution in [0.1, 0.15) is 33.4 Å². The number of fused-ring (bicyclic) bond motifs is 1. The number of hydrogen-bond acceptors (Lipinski definition) is 3. The lowest BCUT2D eigenvalue weighted by Gasteiger charge is -2.13. The second kappa shape index (κ2) is 7.41. The van der Waals surface area contributed by atoms with E-state index in [0.29, 0.717) is 11.8 Å². The summed E-state index contributed by atoms with van der Waals surface area (Å²) in [5.74, 6) is 2.09. The average Bonchev–Trinajstić information content (AvgIpc) is 2.44. The number of ether oxygens (including phenoxy) is 1. The molecule has 0 fully saturated rings. The van der Waals surface area contributed by atoms with Crippen LogP contribution in [0.25, 0.3) is 10.9 Å². The SMILES string of the molecule is CC(C)CNCc1cc(OCC(C)C)c2ccccc2n1. The zero-order valence-electron chi connectivity index (χ0n) is 13.5. The molecule has 0 amide bonds. The highest BCUT2D eigenvalue weighted by molar-refractivity contribution is 5.85. The first-order valence-corrected chi connectivity index (χ1v) is 7.78. The minimum atomic E-state index is 0.513. The molecule has 0 aliphatic heterocycles. The van der Waals surface area contributed by atoms with E-state index >= 15 is 0 Å². The highest BCUT2D eigenvalue weighted by Crippen LogP contribution is 2.25. The van der Waals surface area contributed by atoms with E-state index in [4.69, 9.17) is 9.72 Å². The molecule has 0 unspecified atom stereocenters. The first-order valence-electron chi connectivity index (χ1n) is 7.78. The van der Waals surface area contributed by atoms with Crippen molar-refractivity contribution in [3.05, 3.63) is 36.0 Å². The van der Waals surface area contributed by atoms with Crippen LogP contribution in [0.5, 0.6) is 5.75 Å². The van der Waals surface area contributed by atoms with Crippen LogP contribution in [0, 0.1) is 11.8 Å². The molecule has 1 N–H and O–H groups in total. The van der Waals surface area contributed by atoms with Crippen LogP contribution < -0.4 is 10.1 Å². The molecule has 3 nitrogen and oxygen atoms in total. The second-order valence-electron chi connectivity index (χ2n) is 6.36. The summed E-state index contributed by atoms with van der Waals surface area (Å²) in [6, 6.07) is 10.2. The van der Waals surface area contributed by atoms with Gasteiger partial charge in [0.05, 0.1) is 17.8 Å². The van der Waals surface area contributed by atoms with Gasteiger partial charge in [-0.15, -0.1) is 0 Å². The maximum Gasteiger partial charge on any atom is 0.130 e. The number of nitrogens with zero attached hydrogens (tertiary/aromatic N) is 1. The van der Waals surface area contributed by atoms with Gasteiger partial charge in [-0.25, -0.2) is 0 Å². The number of pyridine rings is 1. The molecule has 0 saturated carbocycles. The van der Waals surface area contributed by atoms with Crippen molar-refractivity contribution in [2.24, 2.45) is 11.8 Å². The largest absolute Gasteiger partial charge is 0.493 e. The molecule has 0 spiro atoms. The van der Waals surface area contributed by atoms with Crippen molar-refractivity contribution in [3.63, 3.8) is 0 Å². The van der Waals surface area contributed by atoms with Crippen molar-refractivity contribution < 1.29 is 4.74 Å². The van der Waals surface area contributed by atoms with Gasteiger partial charge >= 0.3 is 0 Å². The van der Waals surface area contributed by atoms with E-state index in [9.17, 15) is 0 Å². The Morgan fingerprint density at radius 1 is 1.10 bits per heavy atom.